The van der Waals surface area contributed by atoms with Gasteiger partial charge < -0.3 is 0 Å². The molecule has 0 saturated carbocycles. The molecule has 1 atom stereocenters. The van der Waals surface area contributed by atoms with Crippen LogP contribution in [0.1, 0.15) is 83.6 Å². The van der Waals surface area contributed by atoms with Crippen LogP contribution in [0.15, 0.2) is 30.3 Å². The smallest absolute Gasteiger partial charge is 0.0250 e. The van der Waals surface area contributed by atoms with Crippen LogP contribution in [0.3, 0.4) is 0 Å². The largest absolute Gasteiger partial charge is 0.0654 e. The van der Waals surface area contributed by atoms with E-state index in [0.717, 1.165) is 5.92 Å². The normalized spacial score (nSPS) is 12.5. The molecule has 0 N–H and O–H groups in total. The fourth-order valence-electron chi connectivity index (χ4n) is 2.96. The SMILES string of the molecule is CCCCCCCCCCC(CC)Cc1ccccc1. The Morgan fingerprint density at radius 1 is 0.750 bits per heavy atom. The molecule has 0 heteroatoms. The third kappa shape index (κ3) is 8.40. The fourth-order valence-corrected chi connectivity index (χ4v) is 2.96. The van der Waals surface area contributed by atoms with E-state index in [1.165, 1.54) is 76.2 Å². The second kappa shape index (κ2) is 12.0. The van der Waals surface area contributed by atoms with E-state index in [4.69, 9.17) is 0 Å². The van der Waals surface area contributed by atoms with Crippen LogP contribution in [0.25, 0.3) is 0 Å². The minimum atomic E-state index is 0.887. The predicted molar refractivity (Wildman–Crippen MR) is 91.2 cm³/mol. The molecule has 1 aromatic rings. The van der Waals surface area contributed by atoms with Crippen molar-refractivity contribution < 1.29 is 0 Å². The van der Waals surface area contributed by atoms with Gasteiger partial charge in [-0.1, -0.05) is 108 Å². The number of hydrogen-bond donors (Lipinski definition) is 0. The first kappa shape index (κ1) is 17.3. The van der Waals surface area contributed by atoms with E-state index in [1.807, 2.05) is 0 Å². The molecule has 0 bridgehead atoms. The highest BCUT2D eigenvalue weighted by molar-refractivity contribution is 5.15. The van der Waals surface area contributed by atoms with Crippen molar-refractivity contribution in [2.24, 2.45) is 5.92 Å². The van der Waals surface area contributed by atoms with E-state index in [1.54, 1.807) is 0 Å². The van der Waals surface area contributed by atoms with Gasteiger partial charge in [0, 0.05) is 0 Å². The molecule has 1 aromatic carbocycles. The van der Waals surface area contributed by atoms with Gasteiger partial charge in [0.2, 0.25) is 0 Å². The Labute approximate surface area is 127 Å². The number of benzene rings is 1. The maximum Gasteiger partial charge on any atom is -0.0250 e. The standard InChI is InChI=1S/C20H34/c1-3-5-6-7-8-9-10-12-15-19(4-2)18-20-16-13-11-14-17-20/h11,13-14,16-17,19H,3-10,12,15,18H2,1-2H3. The zero-order valence-electron chi connectivity index (χ0n) is 13.7. The number of unbranched alkanes of at least 4 members (excludes halogenated alkanes) is 7. The summed E-state index contributed by atoms with van der Waals surface area (Å²) < 4.78 is 0. The van der Waals surface area contributed by atoms with Crippen LogP contribution in [0.4, 0.5) is 0 Å². The first-order chi connectivity index (χ1) is 9.86. The average Bonchev–Trinajstić information content (AvgIpc) is 2.49. The van der Waals surface area contributed by atoms with Gasteiger partial charge in [-0.05, 0) is 17.9 Å². The topological polar surface area (TPSA) is 0 Å². The summed E-state index contributed by atoms with van der Waals surface area (Å²) in [4.78, 5) is 0. The quantitative estimate of drug-likeness (QED) is 0.368. The maximum atomic E-state index is 2.35. The van der Waals surface area contributed by atoms with Crippen LogP contribution in [0.2, 0.25) is 0 Å². The molecular weight excluding hydrogens is 240 g/mol. The van der Waals surface area contributed by atoms with Crippen molar-refractivity contribution in [3.05, 3.63) is 35.9 Å². The third-order valence-electron chi connectivity index (χ3n) is 4.41. The molecule has 0 aromatic heterocycles. The van der Waals surface area contributed by atoms with Crippen LogP contribution in [0, 0.1) is 5.92 Å². The summed E-state index contributed by atoms with van der Waals surface area (Å²) in [7, 11) is 0. The third-order valence-corrected chi connectivity index (χ3v) is 4.41. The lowest BCUT2D eigenvalue weighted by Crippen LogP contribution is -2.03. The maximum absolute atomic E-state index is 2.35. The van der Waals surface area contributed by atoms with Gasteiger partial charge in [-0.15, -0.1) is 0 Å². The summed E-state index contributed by atoms with van der Waals surface area (Å²) in [6, 6.07) is 11.0. The van der Waals surface area contributed by atoms with E-state index in [9.17, 15) is 0 Å². The van der Waals surface area contributed by atoms with Crippen LogP contribution in [0.5, 0.6) is 0 Å². The van der Waals surface area contributed by atoms with Gasteiger partial charge in [0.05, 0.1) is 0 Å². The molecule has 1 rings (SSSR count). The molecule has 0 aliphatic carbocycles. The average molecular weight is 274 g/mol. The van der Waals surface area contributed by atoms with Gasteiger partial charge in [-0.2, -0.15) is 0 Å². The highest BCUT2D eigenvalue weighted by Crippen LogP contribution is 2.19. The van der Waals surface area contributed by atoms with Crippen molar-refractivity contribution >= 4 is 0 Å². The van der Waals surface area contributed by atoms with E-state index < -0.39 is 0 Å². The second-order valence-electron chi connectivity index (χ2n) is 6.23. The molecule has 20 heavy (non-hydrogen) atoms. The lowest BCUT2D eigenvalue weighted by Gasteiger charge is -2.14. The predicted octanol–water partition coefficient (Wildman–Crippen LogP) is 6.79. The van der Waals surface area contributed by atoms with E-state index >= 15 is 0 Å². The lowest BCUT2D eigenvalue weighted by molar-refractivity contribution is 0.435. The first-order valence-corrected chi connectivity index (χ1v) is 8.90. The fraction of sp³-hybridized carbons (Fsp3) is 0.700. The van der Waals surface area contributed by atoms with Gasteiger partial charge in [-0.25, -0.2) is 0 Å². The summed E-state index contributed by atoms with van der Waals surface area (Å²) in [6.07, 6.45) is 15.5. The molecule has 0 heterocycles. The van der Waals surface area contributed by atoms with Crippen LogP contribution in [-0.2, 0) is 6.42 Å². The van der Waals surface area contributed by atoms with Crippen LogP contribution >= 0.6 is 0 Å². The van der Waals surface area contributed by atoms with Crippen molar-refractivity contribution in [1.29, 1.82) is 0 Å². The zero-order chi connectivity index (χ0) is 14.5. The van der Waals surface area contributed by atoms with Crippen molar-refractivity contribution in [3.8, 4) is 0 Å². The van der Waals surface area contributed by atoms with Crippen molar-refractivity contribution in [3.63, 3.8) is 0 Å². The number of hydrogen-bond acceptors (Lipinski definition) is 0. The Bertz CT molecular complexity index is 301. The Balaban J connectivity index is 2.04. The Kier molecular flexibility index (Phi) is 10.4. The molecular formula is C20H34. The van der Waals surface area contributed by atoms with Gasteiger partial charge in [-0.3, -0.25) is 0 Å². The molecule has 0 fully saturated rings. The summed E-state index contributed by atoms with van der Waals surface area (Å²) in [5.41, 5.74) is 1.51. The first-order valence-electron chi connectivity index (χ1n) is 8.90. The van der Waals surface area contributed by atoms with E-state index in [-0.39, 0.29) is 0 Å². The molecule has 0 spiro atoms. The Hall–Kier alpha value is -0.780. The lowest BCUT2D eigenvalue weighted by atomic mass is 9.91. The Morgan fingerprint density at radius 2 is 1.35 bits per heavy atom. The van der Waals surface area contributed by atoms with Crippen LogP contribution in [-0.4, -0.2) is 0 Å². The zero-order valence-corrected chi connectivity index (χ0v) is 13.7. The molecule has 0 radical (unpaired) electrons. The van der Waals surface area contributed by atoms with E-state index in [2.05, 4.69) is 44.2 Å². The molecule has 114 valence electrons. The van der Waals surface area contributed by atoms with Crippen molar-refractivity contribution in [2.45, 2.75) is 84.5 Å². The van der Waals surface area contributed by atoms with Crippen molar-refractivity contribution in [2.75, 3.05) is 0 Å². The highest BCUT2D eigenvalue weighted by Gasteiger charge is 2.06. The van der Waals surface area contributed by atoms with Crippen LogP contribution < -0.4 is 0 Å². The number of rotatable bonds is 12. The Morgan fingerprint density at radius 3 is 1.95 bits per heavy atom. The van der Waals surface area contributed by atoms with Crippen molar-refractivity contribution in [1.82, 2.24) is 0 Å². The molecule has 1 unspecified atom stereocenters. The molecule has 0 nitrogen and oxygen atoms in total. The monoisotopic (exact) mass is 274 g/mol. The van der Waals surface area contributed by atoms with Gasteiger partial charge >= 0.3 is 0 Å². The van der Waals surface area contributed by atoms with Gasteiger partial charge in [0.15, 0.2) is 0 Å². The molecule has 0 aliphatic rings. The minimum absolute atomic E-state index is 0.887. The molecule has 0 saturated heterocycles. The summed E-state index contributed by atoms with van der Waals surface area (Å²) in [6.45, 7) is 4.63. The summed E-state index contributed by atoms with van der Waals surface area (Å²) >= 11 is 0. The van der Waals surface area contributed by atoms with E-state index in [0.29, 0.717) is 0 Å². The molecule has 0 aliphatic heterocycles. The van der Waals surface area contributed by atoms with Gasteiger partial charge in [0.25, 0.3) is 0 Å². The summed E-state index contributed by atoms with van der Waals surface area (Å²) in [5, 5.41) is 0. The highest BCUT2D eigenvalue weighted by atomic mass is 14.1. The minimum Gasteiger partial charge on any atom is -0.0654 e. The summed E-state index contributed by atoms with van der Waals surface area (Å²) in [5.74, 6) is 0.887. The second-order valence-corrected chi connectivity index (χ2v) is 6.23. The van der Waals surface area contributed by atoms with Gasteiger partial charge in [0.1, 0.15) is 0 Å². The molecule has 0 amide bonds.